The maximum Gasteiger partial charge on any atom is 0.230 e. The lowest BCUT2D eigenvalue weighted by Gasteiger charge is -2.42. The van der Waals surface area contributed by atoms with Crippen LogP contribution in [0.15, 0.2) is 0 Å². The molecule has 134 valence electrons. The topological polar surface area (TPSA) is 77.6 Å². The Hall–Kier alpha value is -1.51. The predicted molar refractivity (Wildman–Crippen MR) is 89.7 cm³/mol. The van der Waals surface area contributed by atoms with Crippen LogP contribution in [0, 0.1) is 6.92 Å². The SMILES string of the molecule is Cc1nc(CC(=O)N2CCN(CC3CN(C)CCO3)CC2C)n[nH]1. The second-order valence-electron chi connectivity index (χ2n) is 6.96. The van der Waals surface area contributed by atoms with Crippen molar-refractivity contribution in [3.05, 3.63) is 11.6 Å². The van der Waals surface area contributed by atoms with Crippen molar-refractivity contribution in [1.29, 1.82) is 0 Å². The van der Waals surface area contributed by atoms with Gasteiger partial charge in [-0.25, -0.2) is 4.98 Å². The van der Waals surface area contributed by atoms with Gasteiger partial charge >= 0.3 is 0 Å². The van der Waals surface area contributed by atoms with Crippen LogP contribution in [0.1, 0.15) is 18.6 Å². The molecular weight excluding hydrogens is 308 g/mol. The molecule has 8 heteroatoms. The number of ether oxygens (including phenoxy) is 1. The largest absolute Gasteiger partial charge is 0.374 e. The van der Waals surface area contributed by atoms with E-state index in [1.807, 2.05) is 11.8 Å². The van der Waals surface area contributed by atoms with Gasteiger partial charge in [0, 0.05) is 45.3 Å². The van der Waals surface area contributed by atoms with E-state index in [1.165, 1.54) is 0 Å². The molecule has 1 N–H and O–H groups in total. The van der Waals surface area contributed by atoms with Gasteiger partial charge in [0.1, 0.15) is 5.82 Å². The van der Waals surface area contributed by atoms with E-state index in [2.05, 4.69) is 39.0 Å². The standard InChI is InChI=1S/C16H28N6O2/c1-12-9-21(11-14-10-20(3)6-7-24-14)4-5-22(12)16(23)8-15-17-13(2)18-19-15/h12,14H,4-11H2,1-3H3,(H,17,18,19). The first-order chi connectivity index (χ1) is 11.5. The second-order valence-corrected chi connectivity index (χ2v) is 6.96. The quantitative estimate of drug-likeness (QED) is 0.800. The Bertz CT molecular complexity index is 563. The third-order valence-corrected chi connectivity index (χ3v) is 4.79. The summed E-state index contributed by atoms with van der Waals surface area (Å²) in [4.78, 5) is 23.4. The fourth-order valence-electron chi connectivity index (χ4n) is 3.54. The number of carbonyl (C=O) groups is 1. The molecule has 2 aliphatic rings. The molecule has 0 spiro atoms. The molecule has 0 aliphatic carbocycles. The maximum absolute atomic E-state index is 12.5. The van der Waals surface area contributed by atoms with Gasteiger partial charge in [0.05, 0.1) is 19.1 Å². The van der Waals surface area contributed by atoms with Gasteiger partial charge in [-0.3, -0.25) is 14.8 Å². The molecule has 2 saturated heterocycles. The summed E-state index contributed by atoms with van der Waals surface area (Å²) in [6.07, 6.45) is 0.542. The monoisotopic (exact) mass is 336 g/mol. The molecule has 1 amide bonds. The van der Waals surface area contributed by atoms with E-state index in [-0.39, 0.29) is 24.5 Å². The number of aryl methyl sites for hydroxylation is 1. The van der Waals surface area contributed by atoms with Crippen LogP contribution in [0.4, 0.5) is 0 Å². The number of nitrogens with one attached hydrogen (secondary N) is 1. The van der Waals surface area contributed by atoms with Crippen LogP contribution >= 0.6 is 0 Å². The van der Waals surface area contributed by atoms with E-state index in [0.717, 1.165) is 51.7 Å². The summed E-state index contributed by atoms with van der Waals surface area (Å²) < 4.78 is 5.86. The highest BCUT2D eigenvalue weighted by Crippen LogP contribution is 2.14. The zero-order valence-electron chi connectivity index (χ0n) is 14.9. The van der Waals surface area contributed by atoms with Gasteiger partial charge in [0.15, 0.2) is 5.82 Å². The van der Waals surface area contributed by atoms with E-state index < -0.39 is 0 Å². The minimum atomic E-state index is 0.106. The number of nitrogens with zero attached hydrogens (tertiary/aromatic N) is 5. The van der Waals surface area contributed by atoms with Crippen molar-refractivity contribution in [1.82, 2.24) is 29.9 Å². The molecule has 0 saturated carbocycles. The van der Waals surface area contributed by atoms with Gasteiger partial charge in [-0.15, -0.1) is 0 Å². The lowest BCUT2D eigenvalue weighted by atomic mass is 10.1. The molecule has 2 atom stereocenters. The Labute approximate surface area is 143 Å². The second kappa shape index (κ2) is 7.58. The van der Waals surface area contributed by atoms with Crippen LogP contribution in [0.2, 0.25) is 0 Å². The number of piperazine rings is 1. The normalized spacial score (nSPS) is 26.7. The Morgan fingerprint density at radius 1 is 1.33 bits per heavy atom. The number of aromatic amines is 1. The highest BCUT2D eigenvalue weighted by Gasteiger charge is 2.30. The van der Waals surface area contributed by atoms with E-state index in [9.17, 15) is 4.79 Å². The Morgan fingerprint density at radius 2 is 2.17 bits per heavy atom. The van der Waals surface area contributed by atoms with Crippen LogP contribution in [0.5, 0.6) is 0 Å². The molecule has 1 aromatic heterocycles. The fraction of sp³-hybridized carbons (Fsp3) is 0.812. The van der Waals surface area contributed by atoms with Crippen molar-refractivity contribution in [2.45, 2.75) is 32.4 Å². The zero-order valence-corrected chi connectivity index (χ0v) is 14.9. The Kier molecular flexibility index (Phi) is 5.47. The summed E-state index contributed by atoms with van der Waals surface area (Å²) in [5.41, 5.74) is 0. The molecule has 3 heterocycles. The van der Waals surface area contributed by atoms with Crippen LogP contribution in [0.25, 0.3) is 0 Å². The van der Waals surface area contributed by atoms with E-state index >= 15 is 0 Å². The summed E-state index contributed by atoms with van der Waals surface area (Å²) >= 11 is 0. The first-order valence-corrected chi connectivity index (χ1v) is 8.71. The zero-order chi connectivity index (χ0) is 17.1. The van der Waals surface area contributed by atoms with Crippen molar-refractivity contribution < 1.29 is 9.53 Å². The molecule has 2 aliphatic heterocycles. The summed E-state index contributed by atoms with van der Waals surface area (Å²) in [6, 6.07) is 0.201. The third kappa shape index (κ3) is 4.31. The summed E-state index contributed by atoms with van der Waals surface area (Å²) in [5.74, 6) is 1.42. The third-order valence-electron chi connectivity index (χ3n) is 4.79. The Morgan fingerprint density at radius 3 is 2.83 bits per heavy atom. The molecule has 1 aromatic rings. The van der Waals surface area contributed by atoms with Gasteiger partial charge in [-0.2, -0.15) is 5.10 Å². The number of H-pyrrole nitrogens is 1. The highest BCUT2D eigenvalue weighted by atomic mass is 16.5. The lowest BCUT2D eigenvalue weighted by Crippen LogP contribution is -2.57. The molecule has 0 radical (unpaired) electrons. The van der Waals surface area contributed by atoms with E-state index in [1.54, 1.807) is 0 Å². The van der Waals surface area contributed by atoms with Gasteiger partial charge < -0.3 is 14.5 Å². The molecule has 2 unspecified atom stereocenters. The molecule has 0 bridgehead atoms. The minimum Gasteiger partial charge on any atom is -0.374 e. The van der Waals surface area contributed by atoms with Crippen LogP contribution in [-0.4, -0.2) is 101 Å². The first kappa shape index (κ1) is 17.3. The number of likely N-dealkylation sites (N-methyl/N-ethyl adjacent to an activating group) is 1. The lowest BCUT2D eigenvalue weighted by molar-refractivity contribution is -0.135. The van der Waals surface area contributed by atoms with Gasteiger partial charge in [0.2, 0.25) is 5.91 Å². The van der Waals surface area contributed by atoms with Gasteiger partial charge in [-0.1, -0.05) is 0 Å². The first-order valence-electron chi connectivity index (χ1n) is 8.71. The number of aromatic nitrogens is 3. The number of rotatable bonds is 4. The molecule has 24 heavy (non-hydrogen) atoms. The number of hydrogen-bond acceptors (Lipinski definition) is 6. The summed E-state index contributed by atoms with van der Waals surface area (Å²) in [5, 5.41) is 6.85. The smallest absolute Gasteiger partial charge is 0.230 e. The average molecular weight is 336 g/mol. The predicted octanol–water partition coefficient (Wildman–Crippen LogP) is -0.481. The Balaban J connectivity index is 1.48. The van der Waals surface area contributed by atoms with Crippen molar-refractivity contribution >= 4 is 5.91 Å². The van der Waals surface area contributed by atoms with Crippen LogP contribution in [-0.2, 0) is 16.0 Å². The minimum absolute atomic E-state index is 0.106. The van der Waals surface area contributed by atoms with E-state index in [4.69, 9.17) is 4.74 Å². The molecule has 3 rings (SSSR count). The number of hydrogen-bond donors (Lipinski definition) is 1. The van der Waals surface area contributed by atoms with Crippen molar-refractivity contribution in [3.8, 4) is 0 Å². The molecule has 2 fully saturated rings. The average Bonchev–Trinajstić information content (AvgIpc) is 2.92. The highest BCUT2D eigenvalue weighted by molar-refractivity contribution is 5.78. The fourth-order valence-corrected chi connectivity index (χ4v) is 3.54. The summed E-state index contributed by atoms with van der Waals surface area (Å²) in [6.45, 7) is 10.2. The number of morpholine rings is 1. The molecule has 0 aromatic carbocycles. The number of carbonyl (C=O) groups excluding carboxylic acids is 1. The van der Waals surface area contributed by atoms with Crippen molar-refractivity contribution in [3.63, 3.8) is 0 Å². The maximum atomic E-state index is 12.5. The van der Waals surface area contributed by atoms with E-state index in [0.29, 0.717) is 5.82 Å². The number of amides is 1. The van der Waals surface area contributed by atoms with Gasteiger partial charge in [-0.05, 0) is 20.9 Å². The van der Waals surface area contributed by atoms with Crippen LogP contribution in [0.3, 0.4) is 0 Å². The van der Waals surface area contributed by atoms with Crippen molar-refractivity contribution in [2.24, 2.45) is 0 Å². The molecular formula is C16H28N6O2. The molecule has 8 nitrogen and oxygen atoms in total. The summed E-state index contributed by atoms with van der Waals surface area (Å²) in [7, 11) is 2.14. The van der Waals surface area contributed by atoms with Crippen molar-refractivity contribution in [2.75, 3.05) is 52.9 Å². The van der Waals surface area contributed by atoms with Gasteiger partial charge in [0.25, 0.3) is 0 Å². The van der Waals surface area contributed by atoms with Crippen LogP contribution < -0.4 is 0 Å².